The molecule has 1 aromatic rings. The van der Waals surface area contributed by atoms with Gasteiger partial charge in [-0.3, -0.25) is 4.79 Å². The van der Waals surface area contributed by atoms with Crippen LogP contribution in [0.5, 0.6) is 0 Å². The van der Waals surface area contributed by atoms with E-state index in [-0.39, 0.29) is 5.91 Å². The lowest BCUT2D eigenvalue weighted by molar-refractivity contribution is 0.0633. The summed E-state index contributed by atoms with van der Waals surface area (Å²) in [4.78, 5) is 14.5. The van der Waals surface area contributed by atoms with Gasteiger partial charge in [-0.05, 0) is 38.2 Å². The maximum Gasteiger partial charge on any atom is 0.257 e. The van der Waals surface area contributed by atoms with Crippen molar-refractivity contribution < 1.29 is 9.21 Å². The lowest BCUT2D eigenvalue weighted by Gasteiger charge is -2.33. The first-order chi connectivity index (χ1) is 8.27. The highest BCUT2D eigenvalue weighted by atomic mass is 16.3. The summed E-state index contributed by atoms with van der Waals surface area (Å²) in [5.74, 6) is 0.884. The summed E-state index contributed by atoms with van der Waals surface area (Å²) >= 11 is 0. The van der Waals surface area contributed by atoms with Crippen LogP contribution in [0.1, 0.15) is 49.4 Å². The standard InChI is InChI=1S/C14H19NO2/c1-10-8-11-4-2-3-5-13(11)15(10)14(16)12-6-7-17-9-12/h6-7,9-11,13H,2-5,8H2,1H3. The first-order valence-electron chi connectivity index (χ1n) is 6.62. The van der Waals surface area contributed by atoms with Crippen LogP contribution in [-0.4, -0.2) is 22.9 Å². The van der Waals surface area contributed by atoms with Crippen molar-refractivity contribution in [1.82, 2.24) is 4.90 Å². The number of carbonyl (C=O) groups excluding carboxylic acids is 1. The molecule has 2 fully saturated rings. The van der Waals surface area contributed by atoms with E-state index in [1.165, 1.54) is 32.1 Å². The van der Waals surface area contributed by atoms with Crippen LogP contribution < -0.4 is 0 Å². The lowest BCUT2D eigenvalue weighted by atomic mass is 9.85. The van der Waals surface area contributed by atoms with Crippen molar-refractivity contribution in [1.29, 1.82) is 0 Å². The molecule has 1 aromatic heterocycles. The zero-order chi connectivity index (χ0) is 11.8. The lowest BCUT2D eigenvalue weighted by Crippen LogP contribution is -2.42. The molecule has 17 heavy (non-hydrogen) atoms. The second kappa shape index (κ2) is 4.21. The molecule has 0 bridgehead atoms. The minimum atomic E-state index is 0.153. The maximum atomic E-state index is 12.4. The van der Waals surface area contributed by atoms with Crippen molar-refractivity contribution in [2.75, 3.05) is 0 Å². The van der Waals surface area contributed by atoms with E-state index in [9.17, 15) is 4.79 Å². The fraction of sp³-hybridized carbons (Fsp3) is 0.643. The molecule has 1 aliphatic carbocycles. The van der Waals surface area contributed by atoms with Gasteiger partial charge in [0.05, 0.1) is 11.8 Å². The Hall–Kier alpha value is -1.25. The minimum Gasteiger partial charge on any atom is -0.472 e. The van der Waals surface area contributed by atoms with Crippen LogP contribution in [0.3, 0.4) is 0 Å². The van der Waals surface area contributed by atoms with E-state index >= 15 is 0 Å². The molecule has 2 heterocycles. The molecular formula is C14H19NO2. The van der Waals surface area contributed by atoms with Crippen LogP contribution in [0, 0.1) is 5.92 Å². The molecule has 0 N–H and O–H groups in total. The van der Waals surface area contributed by atoms with Crippen molar-refractivity contribution in [3.8, 4) is 0 Å². The Kier molecular flexibility index (Phi) is 2.69. The van der Waals surface area contributed by atoms with Crippen LogP contribution in [0.4, 0.5) is 0 Å². The van der Waals surface area contributed by atoms with E-state index in [0.29, 0.717) is 17.6 Å². The van der Waals surface area contributed by atoms with Gasteiger partial charge in [-0.1, -0.05) is 12.8 Å². The molecule has 1 saturated heterocycles. The fourth-order valence-corrected chi connectivity index (χ4v) is 3.59. The molecule has 0 radical (unpaired) electrons. The third-order valence-corrected chi connectivity index (χ3v) is 4.35. The number of likely N-dealkylation sites (tertiary alicyclic amines) is 1. The molecule has 3 unspecified atom stereocenters. The summed E-state index contributed by atoms with van der Waals surface area (Å²) in [5, 5.41) is 0. The minimum absolute atomic E-state index is 0.153. The largest absolute Gasteiger partial charge is 0.472 e. The van der Waals surface area contributed by atoms with Crippen LogP contribution >= 0.6 is 0 Å². The quantitative estimate of drug-likeness (QED) is 0.747. The van der Waals surface area contributed by atoms with Crippen molar-refractivity contribution in [3.63, 3.8) is 0 Å². The molecule has 3 heteroatoms. The molecule has 1 amide bonds. The van der Waals surface area contributed by atoms with Gasteiger partial charge in [0.15, 0.2) is 0 Å². The summed E-state index contributed by atoms with van der Waals surface area (Å²) in [5.41, 5.74) is 0.697. The van der Waals surface area contributed by atoms with Crippen LogP contribution in [-0.2, 0) is 0 Å². The van der Waals surface area contributed by atoms with Crippen molar-refractivity contribution >= 4 is 5.91 Å². The smallest absolute Gasteiger partial charge is 0.257 e. The SMILES string of the molecule is CC1CC2CCCCC2N1C(=O)c1ccoc1. The third kappa shape index (κ3) is 1.78. The predicted molar refractivity (Wildman–Crippen MR) is 64.7 cm³/mol. The predicted octanol–water partition coefficient (Wildman–Crippen LogP) is 3.07. The van der Waals surface area contributed by atoms with Gasteiger partial charge >= 0.3 is 0 Å². The van der Waals surface area contributed by atoms with Gasteiger partial charge in [0.25, 0.3) is 5.91 Å². The second-order valence-electron chi connectivity index (χ2n) is 5.42. The Morgan fingerprint density at radius 2 is 2.24 bits per heavy atom. The van der Waals surface area contributed by atoms with Gasteiger partial charge in [0.1, 0.15) is 6.26 Å². The molecule has 1 saturated carbocycles. The number of carbonyl (C=O) groups is 1. The van der Waals surface area contributed by atoms with Gasteiger partial charge in [0.2, 0.25) is 0 Å². The van der Waals surface area contributed by atoms with E-state index in [1.807, 2.05) is 0 Å². The number of furan rings is 1. The number of hydrogen-bond acceptors (Lipinski definition) is 2. The number of rotatable bonds is 1. The average Bonchev–Trinajstić information content (AvgIpc) is 2.94. The van der Waals surface area contributed by atoms with E-state index < -0.39 is 0 Å². The molecule has 3 rings (SSSR count). The summed E-state index contributed by atoms with van der Waals surface area (Å²) in [6.45, 7) is 2.18. The first-order valence-corrected chi connectivity index (χ1v) is 6.62. The topological polar surface area (TPSA) is 33.5 Å². The number of nitrogens with zero attached hydrogens (tertiary/aromatic N) is 1. The van der Waals surface area contributed by atoms with Gasteiger partial charge in [0, 0.05) is 12.1 Å². The molecule has 1 aliphatic heterocycles. The van der Waals surface area contributed by atoms with Crippen molar-refractivity contribution in [2.24, 2.45) is 5.92 Å². The van der Waals surface area contributed by atoms with E-state index in [1.54, 1.807) is 18.6 Å². The highest BCUT2D eigenvalue weighted by molar-refractivity contribution is 5.94. The highest BCUT2D eigenvalue weighted by Crippen LogP contribution is 2.40. The Morgan fingerprint density at radius 3 is 3.00 bits per heavy atom. The van der Waals surface area contributed by atoms with Crippen LogP contribution in [0.15, 0.2) is 23.0 Å². The third-order valence-electron chi connectivity index (χ3n) is 4.35. The zero-order valence-corrected chi connectivity index (χ0v) is 10.3. The van der Waals surface area contributed by atoms with E-state index in [0.717, 1.165) is 5.92 Å². The monoisotopic (exact) mass is 233 g/mol. The Morgan fingerprint density at radius 1 is 1.41 bits per heavy atom. The molecule has 0 aromatic carbocycles. The summed E-state index contributed by atoms with van der Waals surface area (Å²) in [6, 6.07) is 2.62. The van der Waals surface area contributed by atoms with Crippen molar-refractivity contribution in [2.45, 2.75) is 51.1 Å². The average molecular weight is 233 g/mol. The van der Waals surface area contributed by atoms with Crippen LogP contribution in [0.25, 0.3) is 0 Å². The second-order valence-corrected chi connectivity index (χ2v) is 5.42. The summed E-state index contributed by atoms with van der Waals surface area (Å²) in [7, 11) is 0. The van der Waals surface area contributed by atoms with Gasteiger partial charge < -0.3 is 9.32 Å². The zero-order valence-electron chi connectivity index (χ0n) is 10.3. The van der Waals surface area contributed by atoms with Gasteiger partial charge in [-0.2, -0.15) is 0 Å². The molecule has 3 atom stereocenters. The number of hydrogen-bond donors (Lipinski definition) is 0. The van der Waals surface area contributed by atoms with Gasteiger partial charge in [-0.15, -0.1) is 0 Å². The highest BCUT2D eigenvalue weighted by Gasteiger charge is 2.42. The summed E-state index contributed by atoms with van der Waals surface area (Å²) in [6.07, 6.45) is 9.39. The van der Waals surface area contributed by atoms with E-state index in [2.05, 4.69) is 11.8 Å². The molecule has 2 aliphatic rings. The molecular weight excluding hydrogens is 214 g/mol. The van der Waals surface area contributed by atoms with Gasteiger partial charge in [-0.25, -0.2) is 0 Å². The fourth-order valence-electron chi connectivity index (χ4n) is 3.59. The van der Waals surface area contributed by atoms with Crippen LogP contribution in [0.2, 0.25) is 0 Å². The maximum absolute atomic E-state index is 12.4. The molecule has 3 nitrogen and oxygen atoms in total. The number of fused-ring (bicyclic) bond motifs is 1. The summed E-state index contributed by atoms with van der Waals surface area (Å²) < 4.78 is 5.02. The van der Waals surface area contributed by atoms with E-state index in [4.69, 9.17) is 4.42 Å². The normalized spacial score (nSPS) is 32.5. The number of amides is 1. The Labute approximate surface area is 102 Å². The van der Waals surface area contributed by atoms with Crippen molar-refractivity contribution in [3.05, 3.63) is 24.2 Å². The first kappa shape index (κ1) is 10.9. The Bertz CT molecular complexity index is 398. The molecule has 92 valence electrons. The molecule has 0 spiro atoms. The Balaban J connectivity index is 1.84.